The molecule has 2 fully saturated rings. The van der Waals surface area contributed by atoms with Crippen molar-refractivity contribution in [2.75, 3.05) is 13.1 Å². The SMILES string of the molecule is Cc1nnc(CN=C(NC2CCCC2)NC2CCCN(Cc3ccccc3)C2)n1C. The number of piperidine rings is 1. The molecule has 1 saturated heterocycles. The van der Waals surface area contributed by atoms with Gasteiger partial charge in [-0.3, -0.25) is 4.90 Å². The minimum absolute atomic E-state index is 0.413. The Hall–Kier alpha value is -2.41. The molecular formula is C23H35N7. The van der Waals surface area contributed by atoms with E-state index in [0.29, 0.717) is 18.6 Å². The maximum Gasteiger partial charge on any atom is 0.192 e. The Kier molecular flexibility index (Phi) is 7.00. The number of aryl methyl sites for hydroxylation is 1. The van der Waals surface area contributed by atoms with E-state index >= 15 is 0 Å². The molecular weight excluding hydrogens is 374 g/mol. The van der Waals surface area contributed by atoms with Gasteiger partial charge >= 0.3 is 0 Å². The average Bonchev–Trinajstić information content (AvgIpc) is 3.38. The van der Waals surface area contributed by atoms with Crippen molar-refractivity contribution in [3.8, 4) is 0 Å². The molecule has 2 heterocycles. The minimum Gasteiger partial charge on any atom is -0.354 e. The van der Waals surface area contributed by atoms with Crippen molar-refractivity contribution in [2.24, 2.45) is 12.0 Å². The third-order valence-electron chi connectivity index (χ3n) is 6.35. The van der Waals surface area contributed by atoms with Crippen molar-refractivity contribution in [3.63, 3.8) is 0 Å². The van der Waals surface area contributed by atoms with Gasteiger partial charge in [0.2, 0.25) is 0 Å². The van der Waals surface area contributed by atoms with Crippen molar-refractivity contribution < 1.29 is 0 Å². The van der Waals surface area contributed by atoms with Crippen LogP contribution in [0.3, 0.4) is 0 Å². The van der Waals surface area contributed by atoms with Crippen LogP contribution in [0.4, 0.5) is 0 Å². The van der Waals surface area contributed by atoms with Crippen molar-refractivity contribution in [1.82, 2.24) is 30.3 Å². The second-order valence-corrected chi connectivity index (χ2v) is 8.72. The van der Waals surface area contributed by atoms with E-state index in [4.69, 9.17) is 4.99 Å². The predicted octanol–water partition coefficient (Wildman–Crippen LogP) is 2.77. The summed E-state index contributed by atoms with van der Waals surface area (Å²) in [6.07, 6.45) is 7.47. The van der Waals surface area contributed by atoms with Gasteiger partial charge in [0.15, 0.2) is 11.8 Å². The molecule has 0 amide bonds. The number of rotatable bonds is 6. The van der Waals surface area contributed by atoms with Crippen molar-refractivity contribution >= 4 is 5.96 Å². The van der Waals surface area contributed by atoms with Gasteiger partial charge in [0, 0.05) is 32.2 Å². The zero-order valence-electron chi connectivity index (χ0n) is 18.3. The number of hydrogen-bond donors (Lipinski definition) is 2. The molecule has 2 aliphatic rings. The van der Waals surface area contributed by atoms with Crippen LogP contribution in [0.5, 0.6) is 0 Å². The fourth-order valence-corrected chi connectivity index (χ4v) is 4.49. The summed E-state index contributed by atoms with van der Waals surface area (Å²) >= 11 is 0. The minimum atomic E-state index is 0.413. The first-order valence-electron chi connectivity index (χ1n) is 11.4. The molecule has 1 aromatic carbocycles. The van der Waals surface area contributed by atoms with Gasteiger partial charge in [0.1, 0.15) is 12.4 Å². The molecule has 1 atom stereocenters. The van der Waals surface area contributed by atoms with E-state index in [9.17, 15) is 0 Å². The highest BCUT2D eigenvalue weighted by Crippen LogP contribution is 2.18. The highest BCUT2D eigenvalue weighted by molar-refractivity contribution is 5.80. The maximum atomic E-state index is 4.89. The second kappa shape index (κ2) is 10.1. The summed E-state index contributed by atoms with van der Waals surface area (Å²) in [7, 11) is 2.00. The van der Waals surface area contributed by atoms with Gasteiger partial charge in [-0.1, -0.05) is 43.2 Å². The highest BCUT2D eigenvalue weighted by atomic mass is 15.3. The smallest absolute Gasteiger partial charge is 0.192 e. The van der Waals surface area contributed by atoms with Gasteiger partial charge in [0.05, 0.1) is 0 Å². The van der Waals surface area contributed by atoms with Crippen molar-refractivity contribution in [2.45, 2.75) is 70.6 Å². The summed E-state index contributed by atoms with van der Waals surface area (Å²) in [5, 5.41) is 15.8. The van der Waals surface area contributed by atoms with Gasteiger partial charge in [-0.15, -0.1) is 10.2 Å². The van der Waals surface area contributed by atoms with E-state index in [1.165, 1.54) is 44.1 Å². The number of nitrogens with zero attached hydrogens (tertiary/aromatic N) is 5. The molecule has 7 heteroatoms. The number of aliphatic imine (C=N–C) groups is 1. The predicted molar refractivity (Wildman–Crippen MR) is 120 cm³/mol. The molecule has 0 spiro atoms. The van der Waals surface area contributed by atoms with Crippen LogP contribution < -0.4 is 10.6 Å². The Bertz CT molecular complexity index is 823. The lowest BCUT2D eigenvalue weighted by Crippen LogP contribution is -2.52. The summed E-state index contributed by atoms with van der Waals surface area (Å²) < 4.78 is 2.01. The number of guanidine groups is 1. The monoisotopic (exact) mass is 409 g/mol. The zero-order chi connectivity index (χ0) is 20.8. The summed E-state index contributed by atoms with van der Waals surface area (Å²) in [6, 6.07) is 11.7. The molecule has 1 saturated carbocycles. The fourth-order valence-electron chi connectivity index (χ4n) is 4.49. The average molecular weight is 410 g/mol. The Morgan fingerprint density at radius 1 is 1.03 bits per heavy atom. The molecule has 4 rings (SSSR count). The first kappa shape index (κ1) is 20.8. The van der Waals surface area contributed by atoms with Crippen LogP contribution in [0.2, 0.25) is 0 Å². The molecule has 30 heavy (non-hydrogen) atoms. The maximum absolute atomic E-state index is 4.89. The topological polar surface area (TPSA) is 70.4 Å². The molecule has 2 aromatic rings. The molecule has 1 unspecified atom stereocenters. The van der Waals surface area contributed by atoms with E-state index in [2.05, 4.69) is 56.1 Å². The largest absolute Gasteiger partial charge is 0.354 e. The number of likely N-dealkylation sites (tertiary alicyclic amines) is 1. The second-order valence-electron chi connectivity index (χ2n) is 8.72. The lowest BCUT2D eigenvalue weighted by molar-refractivity contribution is 0.192. The van der Waals surface area contributed by atoms with Gasteiger partial charge in [0.25, 0.3) is 0 Å². The Morgan fingerprint density at radius 2 is 1.77 bits per heavy atom. The van der Waals surface area contributed by atoms with Gasteiger partial charge < -0.3 is 15.2 Å². The molecule has 7 nitrogen and oxygen atoms in total. The number of nitrogens with one attached hydrogen (secondary N) is 2. The van der Waals surface area contributed by atoms with Crippen LogP contribution in [-0.4, -0.2) is 50.8 Å². The third-order valence-corrected chi connectivity index (χ3v) is 6.35. The standard InChI is InChI=1S/C23H35N7/c1-18-27-28-22(29(18)2)15-24-23(25-20-11-6-7-12-20)26-21-13-8-14-30(17-21)16-19-9-4-3-5-10-19/h3-5,9-10,20-21H,6-8,11-17H2,1-2H3,(H2,24,25,26). The summed E-state index contributed by atoms with van der Waals surface area (Å²) in [6.45, 7) is 5.73. The molecule has 0 radical (unpaired) electrons. The van der Waals surface area contributed by atoms with E-state index in [1.807, 2.05) is 18.5 Å². The Morgan fingerprint density at radius 3 is 2.50 bits per heavy atom. The molecule has 0 bridgehead atoms. The molecule has 1 aliphatic carbocycles. The lowest BCUT2D eigenvalue weighted by Gasteiger charge is -2.34. The van der Waals surface area contributed by atoms with E-state index < -0.39 is 0 Å². The molecule has 1 aromatic heterocycles. The molecule has 162 valence electrons. The Balaban J connectivity index is 1.39. The number of aromatic nitrogens is 3. The molecule has 1 aliphatic heterocycles. The number of benzene rings is 1. The lowest BCUT2D eigenvalue weighted by atomic mass is 10.0. The van der Waals surface area contributed by atoms with Crippen LogP contribution in [0.1, 0.15) is 55.7 Å². The summed E-state index contributed by atoms with van der Waals surface area (Å²) in [5.74, 6) is 2.74. The van der Waals surface area contributed by atoms with Crippen molar-refractivity contribution in [3.05, 3.63) is 47.5 Å². The molecule has 2 N–H and O–H groups in total. The van der Waals surface area contributed by atoms with E-state index in [1.54, 1.807) is 0 Å². The summed E-state index contributed by atoms with van der Waals surface area (Å²) in [4.78, 5) is 7.44. The van der Waals surface area contributed by atoms with E-state index in [-0.39, 0.29) is 0 Å². The van der Waals surface area contributed by atoms with Crippen molar-refractivity contribution in [1.29, 1.82) is 0 Å². The van der Waals surface area contributed by atoms with E-state index in [0.717, 1.165) is 37.2 Å². The quantitative estimate of drug-likeness (QED) is 0.567. The summed E-state index contributed by atoms with van der Waals surface area (Å²) in [5.41, 5.74) is 1.38. The van der Waals surface area contributed by atoms with Crippen LogP contribution in [0, 0.1) is 6.92 Å². The Labute approximate surface area is 180 Å². The first-order chi connectivity index (χ1) is 14.7. The van der Waals surface area contributed by atoms with Gasteiger partial charge in [-0.2, -0.15) is 0 Å². The fraction of sp³-hybridized carbons (Fsp3) is 0.609. The number of hydrogen-bond acceptors (Lipinski definition) is 4. The van der Waals surface area contributed by atoms with Crippen LogP contribution in [0.25, 0.3) is 0 Å². The van der Waals surface area contributed by atoms with Crippen LogP contribution >= 0.6 is 0 Å². The normalized spacial score (nSPS) is 21.1. The first-order valence-corrected chi connectivity index (χ1v) is 11.4. The third kappa shape index (κ3) is 5.59. The zero-order valence-corrected chi connectivity index (χ0v) is 18.3. The van der Waals surface area contributed by atoms with Crippen LogP contribution in [-0.2, 0) is 20.1 Å². The van der Waals surface area contributed by atoms with Gasteiger partial charge in [-0.25, -0.2) is 4.99 Å². The highest BCUT2D eigenvalue weighted by Gasteiger charge is 2.23. The van der Waals surface area contributed by atoms with Gasteiger partial charge in [-0.05, 0) is 44.7 Å². The van der Waals surface area contributed by atoms with Crippen LogP contribution in [0.15, 0.2) is 35.3 Å².